The van der Waals surface area contributed by atoms with Crippen molar-refractivity contribution in [2.24, 2.45) is 0 Å². The van der Waals surface area contributed by atoms with Crippen LogP contribution in [0.25, 0.3) is 0 Å². The molecular formula is C10H11NO3. The minimum absolute atomic E-state index is 0.220. The molecule has 1 aromatic rings. The smallest absolute Gasteiger partial charge is 0.339 e. The van der Waals surface area contributed by atoms with Gasteiger partial charge < -0.3 is 15.2 Å². The lowest BCUT2D eigenvalue weighted by Gasteiger charge is -2.22. The van der Waals surface area contributed by atoms with Gasteiger partial charge in [0.15, 0.2) is 5.75 Å². The van der Waals surface area contributed by atoms with Crippen molar-refractivity contribution < 1.29 is 14.6 Å². The first-order valence-electron chi connectivity index (χ1n) is 4.43. The lowest BCUT2D eigenvalue weighted by atomic mass is 10.1. The fraction of sp³-hybridized carbons (Fsp3) is 0.300. The highest BCUT2D eigenvalue weighted by molar-refractivity contribution is 5.94. The van der Waals surface area contributed by atoms with Gasteiger partial charge in [-0.2, -0.15) is 0 Å². The van der Waals surface area contributed by atoms with Crippen molar-refractivity contribution >= 4 is 11.7 Å². The Bertz CT molecular complexity index is 387. The van der Waals surface area contributed by atoms with Crippen LogP contribution in [0.15, 0.2) is 12.1 Å². The third-order valence-corrected chi connectivity index (χ3v) is 2.25. The summed E-state index contributed by atoms with van der Waals surface area (Å²) < 4.78 is 5.35. The van der Waals surface area contributed by atoms with Crippen molar-refractivity contribution in [3.05, 3.63) is 23.3 Å². The number of aryl methyl sites for hydroxylation is 1. The quantitative estimate of drug-likeness (QED) is 0.709. The normalized spacial score (nSPS) is 13.8. The SMILES string of the molecule is Cc1ccc(C(=O)O)c2c1NCCO2. The largest absolute Gasteiger partial charge is 0.489 e. The predicted molar refractivity (Wildman–Crippen MR) is 52.1 cm³/mol. The van der Waals surface area contributed by atoms with Gasteiger partial charge >= 0.3 is 5.97 Å². The average Bonchev–Trinajstić information content (AvgIpc) is 2.18. The van der Waals surface area contributed by atoms with Crippen LogP contribution in [0, 0.1) is 6.92 Å². The van der Waals surface area contributed by atoms with E-state index in [9.17, 15) is 4.79 Å². The van der Waals surface area contributed by atoms with Crippen molar-refractivity contribution in [2.75, 3.05) is 18.5 Å². The lowest BCUT2D eigenvalue weighted by molar-refractivity contribution is 0.0692. The number of hydrogen-bond acceptors (Lipinski definition) is 3. The molecule has 4 heteroatoms. The number of ether oxygens (including phenoxy) is 1. The molecule has 1 aliphatic heterocycles. The van der Waals surface area contributed by atoms with Crippen LogP contribution in [0.3, 0.4) is 0 Å². The Balaban J connectivity index is 2.59. The number of fused-ring (bicyclic) bond motifs is 1. The second-order valence-electron chi connectivity index (χ2n) is 3.21. The first-order valence-corrected chi connectivity index (χ1v) is 4.43. The van der Waals surface area contributed by atoms with Crippen LogP contribution in [-0.4, -0.2) is 24.2 Å². The molecule has 0 radical (unpaired) electrons. The fourth-order valence-electron chi connectivity index (χ4n) is 1.55. The highest BCUT2D eigenvalue weighted by Crippen LogP contribution is 2.34. The van der Waals surface area contributed by atoms with E-state index < -0.39 is 5.97 Å². The molecule has 0 saturated carbocycles. The number of anilines is 1. The maximum absolute atomic E-state index is 10.9. The zero-order valence-electron chi connectivity index (χ0n) is 7.83. The molecule has 74 valence electrons. The Morgan fingerprint density at radius 2 is 2.36 bits per heavy atom. The molecule has 1 aromatic carbocycles. The van der Waals surface area contributed by atoms with E-state index in [4.69, 9.17) is 9.84 Å². The Morgan fingerprint density at radius 3 is 3.07 bits per heavy atom. The lowest BCUT2D eigenvalue weighted by Crippen LogP contribution is -2.20. The molecular weight excluding hydrogens is 182 g/mol. The first kappa shape index (κ1) is 8.87. The van der Waals surface area contributed by atoms with E-state index in [-0.39, 0.29) is 5.56 Å². The molecule has 1 aliphatic rings. The molecule has 0 saturated heterocycles. The molecule has 2 rings (SSSR count). The summed E-state index contributed by atoms with van der Waals surface area (Å²) >= 11 is 0. The molecule has 0 aliphatic carbocycles. The van der Waals surface area contributed by atoms with Crippen LogP contribution >= 0.6 is 0 Å². The summed E-state index contributed by atoms with van der Waals surface area (Å²) in [5, 5.41) is 12.1. The second kappa shape index (κ2) is 3.21. The van der Waals surface area contributed by atoms with Gasteiger partial charge in [-0.1, -0.05) is 6.07 Å². The van der Waals surface area contributed by atoms with Crippen molar-refractivity contribution in [3.63, 3.8) is 0 Å². The molecule has 2 N–H and O–H groups in total. The van der Waals surface area contributed by atoms with E-state index in [2.05, 4.69) is 5.32 Å². The molecule has 0 fully saturated rings. The number of carboxylic acid groups (broad SMARTS) is 1. The van der Waals surface area contributed by atoms with Crippen LogP contribution in [0.4, 0.5) is 5.69 Å². The molecule has 0 amide bonds. The number of carbonyl (C=O) groups is 1. The summed E-state index contributed by atoms with van der Waals surface area (Å²) in [7, 11) is 0. The van der Waals surface area contributed by atoms with E-state index >= 15 is 0 Å². The van der Waals surface area contributed by atoms with Gasteiger partial charge in [0.2, 0.25) is 0 Å². The van der Waals surface area contributed by atoms with Gasteiger partial charge in [-0.25, -0.2) is 4.79 Å². The molecule has 0 spiro atoms. The third kappa shape index (κ3) is 1.28. The summed E-state index contributed by atoms with van der Waals surface area (Å²) in [6.07, 6.45) is 0. The Labute approximate surface area is 81.5 Å². The summed E-state index contributed by atoms with van der Waals surface area (Å²) in [5.41, 5.74) is 2.03. The molecule has 0 atom stereocenters. The maximum Gasteiger partial charge on any atom is 0.339 e. The Morgan fingerprint density at radius 1 is 1.57 bits per heavy atom. The molecule has 1 heterocycles. The summed E-state index contributed by atoms with van der Waals surface area (Å²) in [6.45, 7) is 3.15. The number of carboxylic acids is 1. The molecule has 14 heavy (non-hydrogen) atoms. The first-order chi connectivity index (χ1) is 6.70. The van der Waals surface area contributed by atoms with Crippen LogP contribution < -0.4 is 10.1 Å². The van der Waals surface area contributed by atoms with E-state index in [1.807, 2.05) is 6.92 Å². The van der Waals surface area contributed by atoms with E-state index in [1.165, 1.54) is 0 Å². The van der Waals surface area contributed by atoms with Crippen molar-refractivity contribution in [3.8, 4) is 5.75 Å². The zero-order valence-corrected chi connectivity index (χ0v) is 7.83. The molecule has 4 nitrogen and oxygen atoms in total. The summed E-state index contributed by atoms with van der Waals surface area (Å²) in [6, 6.07) is 3.35. The number of hydrogen-bond donors (Lipinski definition) is 2. The highest BCUT2D eigenvalue weighted by atomic mass is 16.5. The van der Waals surface area contributed by atoms with Crippen LogP contribution in [0.1, 0.15) is 15.9 Å². The van der Waals surface area contributed by atoms with E-state index in [1.54, 1.807) is 12.1 Å². The topological polar surface area (TPSA) is 58.6 Å². The van der Waals surface area contributed by atoms with Gasteiger partial charge in [-0.15, -0.1) is 0 Å². The van der Waals surface area contributed by atoms with Crippen molar-refractivity contribution in [1.29, 1.82) is 0 Å². The second-order valence-corrected chi connectivity index (χ2v) is 3.21. The van der Waals surface area contributed by atoms with Gasteiger partial charge in [0.25, 0.3) is 0 Å². The van der Waals surface area contributed by atoms with Crippen LogP contribution in [0.5, 0.6) is 5.75 Å². The predicted octanol–water partition coefficient (Wildman–Crippen LogP) is 1.50. The van der Waals surface area contributed by atoms with Crippen molar-refractivity contribution in [2.45, 2.75) is 6.92 Å². The number of nitrogens with one attached hydrogen (secondary N) is 1. The minimum Gasteiger partial charge on any atom is -0.489 e. The standard InChI is InChI=1S/C10H11NO3/c1-6-2-3-7(10(12)13)9-8(6)11-4-5-14-9/h2-3,11H,4-5H2,1H3,(H,12,13). The van der Waals surface area contributed by atoms with E-state index in [0.29, 0.717) is 12.4 Å². The monoisotopic (exact) mass is 193 g/mol. The van der Waals surface area contributed by atoms with E-state index in [0.717, 1.165) is 17.8 Å². The van der Waals surface area contributed by atoms with Gasteiger partial charge in [0.1, 0.15) is 12.2 Å². The molecule has 0 bridgehead atoms. The number of benzene rings is 1. The van der Waals surface area contributed by atoms with Crippen LogP contribution in [0.2, 0.25) is 0 Å². The number of rotatable bonds is 1. The van der Waals surface area contributed by atoms with Crippen molar-refractivity contribution in [1.82, 2.24) is 0 Å². The maximum atomic E-state index is 10.9. The van der Waals surface area contributed by atoms with Gasteiger partial charge in [0.05, 0.1) is 5.69 Å². The van der Waals surface area contributed by atoms with Gasteiger partial charge in [-0.3, -0.25) is 0 Å². The summed E-state index contributed by atoms with van der Waals surface area (Å²) in [4.78, 5) is 10.9. The average molecular weight is 193 g/mol. The van der Waals surface area contributed by atoms with Crippen LogP contribution in [-0.2, 0) is 0 Å². The third-order valence-electron chi connectivity index (χ3n) is 2.25. The summed E-state index contributed by atoms with van der Waals surface area (Å²) in [5.74, 6) is -0.492. The molecule has 0 aromatic heterocycles. The fourth-order valence-corrected chi connectivity index (χ4v) is 1.55. The molecule has 0 unspecified atom stereocenters. The minimum atomic E-state index is -0.954. The van der Waals surface area contributed by atoms with Gasteiger partial charge in [0, 0.05) is 6.54 Å². The highest BCUT2D eigenvalue weighted by Gasteiger charge is 2.19. The van der Waals surface area contributed by atoms with Gasteiger partial charge in [-0.05, 0) is 18.6 Å². The number of aromatic carboxylic acids is 1. The zero-order chi connectivity index (χ0) is 10.1. The Hall–Kier alpha value is -1.71. The Kier molecular flexibility index (Phi) is 2.04.